The number of halogens is 1. The second-order valence-electron chi connectivity index (χ2n) is 4.69. The van der Waals surface area contributed by atoms with Gasteiger partial charge in [0.15, 0.2) is 0 Å². The number of nitrogens with one attached hydrogen (secondary N) is 1. The highest BCUT2D eigenvalue weighted by Crippen LogP contribution is 2.31. The summed E-state index contributed by atoms with van der Waals surface area (Å²) in [5.41, 5.74) is 0. The van der Waals surface area contributed by atoms with Crippen molar-refractivity contribution in [3.05, 3.63) is 21.3 Å². The lowest BCUT2D eigenvalue weighted by Gasteiger charge is -2.27. The standard InChI is InChI=1S/C12H15ClN2OS/c13-11-4-3-10(17-11)12(16)15-8-1-2-9(15)7-14-6-5-8/h3-4,8-9,14H,1-2,5-7H2. The minimum absolute atomic E-state index is 0.165. The Balaban J connectivity index is 1.85. The molecule has 2 fully saturated rings. The van der Waals surface area contributed by atoms with E-state index in [-0.39, 0.29) is 5.91 Å². The van der Waals surface area contributed by atoms with Crippen molar-refractivity contribution in [2.75, 3.05) is 13.1 Å². The fourth-order valence-corrected chi connectivity index (χ4v) is 3.86. The van der Waals surface area contributed by atoms with Crippen molar-refractivity contribution in [2.45, 2.75) is 31.3 Å². The zero-order valence-electron chi connectivity index (χ0n) is 9.49. The molecule has 0 radical (unpaired) electrons. The van der Waals surface area contributed by atoms with Gasteiger partial charge >= 0.3 is 0 Å². The molecule has 0 spiro atoms. The Morgan fingerprint density at radius 3 is 2.94 bits per heavy atom. The number of nitrogens with zero attached hydrogens (tertiary/aromatic N) is 1. The van der Waals surface area contributed by atoms with Gasteiger partial charge in [-0.2, -0.15) is 0 Å². The van der Waals surface area contributed by atoms with Crippen molar-refractivity contribution in [1.29, 1.82) is 0 Å². The van der Waals surface area contributed by atoms with Crippen LogP contribution in [0, 0.1) is 0 Å². The summed E-state index contributed by atoms with van der Waals surface area (Å²) < 4.78 is 0.689. The molecule has 1 aromatic rings. The molecule has 1 aromatic heterocycles. The molecule has 3 heterocycles. The SMILES string of the molecule is O=C(c1ccc(Cl)s1)N1C2CCNCC1CC2. The Labute approximate surface area is 110 Å². The molecular weight excluding hydrogens is 256 g/mol. The summed E-state index contributed by atoms with van der Waals surface area (Å²) in [5.74, 6) is 0.165. The Morgan fingerprint density at radius 2 is 2.18 bits per heavy atom. The van der Waals surface area contributed by atoms with Crippen LogP contribution in [0.5, 0.6) is 0 Å². The molecule has 2 saturated heterocycles. The highest BCUT2D eigenvalue weighted by molar-refractivity contribution is 7.17. The maximum absolute atomic E-state index is 12.5. The van der Waals surface area contributed by atoms with Gasteiger partial charge in [0.05, 0.1) is 9.21 Å². The zero-order chi connectivity index (χ0) is 11.8. The first-order valence-corrected chi connectivity index (χ1v) is 7.24. The van der Waals surface area contributed by atoms with E-state index in [1.165, 1.54) is 11.3 Å². The summed E-state index contributed by atoms with van der Waals surface area (Å²) in [4.78, 5) is 15.3. The van der Waals surface area contributed by atoms with E-state index in [2.05, 4.69) is 10.2 Å². The fourth-order valence-electron chi connectivity index (χ4n) is 2.87. The zero-order valence-corrected chi connectivity index (χ0v) is 11.1. The van der Waals surface area contributed by atoms with Crippen molar-refractivity contribution in [1.82, 2.24) is 10.2 Å². The van der Waals surface area contributed by atoms with Gasteiger partial charge in [-0.05, 0) is 37.9 Å². The van der Waals surface area contributed by atoms with Crippen LogP contribution in [0.1, 0.15) is 28.9 Å². The largest absolute Gasteiger partial charge is 0.331 e. The van der Waals surface area contributed by atoms with Crippen LogP contribution in [0.25, 0.3) is 0 Å². The summed E-state index contributed by atoms with van der Waals surface area (Å²) in [7, 11) is 0. The van der Waals surface area contributed by atoms with Crippen LogP contribution in [0.15, 0.2) is 12.1 Å². The molecule has 92 valence electrons. The molecule has 2 bridgehead atoms. The van der Waals surface area contributed by atoms with Gasteiger partial charge in [-0.15, -0.1) is 11.3 Å². The Morgan fingerprint density at radius 1 is 1.35 bits per heavy atom. The van der Waals surface area contributed by atoms with Gasteiger partial charge in [-0.25, -0.2) is 0 Å². The lowest BCUT2D eigenvalue weighted by atomic mass is 10.1. The molecule has 5 heteroatoms. The Bertz CT molecular complexity index is 420. The molecule has 0 aliphatic carbocycles. The van der Waals surface area contributed by atoms with E-state index in [1.54, 1.807) is 6.07 Å². The van der Waals surface area contributed by atoms with Crippen molar-refractivity contribution in [2.24, 2.45) is 0 Å². The van der Waals surface area contributed by atoms with E-state index >= 15 is 0 Å². The van der Waals surface area contributed by atoms with Crippen LogP contribution >= 0.6 is 22.9 Å². The van der Waals surface area contributed by atoms with Crippen molar-refractivity contribution < 1.29 is 4.79 Å². The van der Waals surface area contributed by atoms with E-state index in [1.807, 2.05) is 6.07 Å². The summed E-state index contributed by atoms with van der Waals surface area (Å²) >= 11 is 7.28. The highest BCUT2D eigenvalue weighted by atomic mass is 35.5. The minimum Gasteiger partial charge on any atom is -0.331 e. The third-order valence-corrected chi connectivity index (χ3v) is 4.89. The van der Waals surface area contributed by atoms with E-state index in [9.17, 15) is 4.79 Å². The third kappa shape index (κ3) is 2.09. The quantitative estimate of drug-likeness (QED) is 0.850. The molecule has 0 saturated carbocycles. The number of thiophene rings is 1. The maximum atomic E-state index is 12.5. The lowest BCUT2D eigenvalue weighted by molar-refractivity contribution is 0.0685. The molecular formula is C12H15ClN2OS. The number of hydrogen-bond donors (Lipinski definition) is 1. The fraction of sp³-hybridized carbons (Fsp3) is 0.583. The smallest absolute Gasteiger partial charge is 0.264 e. The second kappa shape index (κ2) is 4.59. The average molecular weight is 271 g/mol. The predicted octanol–water partition coefficient (Wildman–Crippen LogP) is 2.37. The summed E-state index contributed by atoms with van der Waals surface area (Å²) in [6.45, 7) is 1.96. The molecule has 2 aliphatic heterocycles. The number of hydrogen-bond acceptors (Lipinski definition) is 3. The van der Waals surface area contributed by atoms with E-state index in [0.717, 1.165) is 37.2 Å². The van der Waals surface area contributed by atoms with Gasteiger partial charge in [0, 0.05) is 18.6 Å². The normalized spacial score (nSPS) is 28.2. The van der Waals surface area contributed by atoms with Gasteiger partial charge in [0.25, 0.3) is 5.91 Å². The molecule has 17 heavy (non-hydrogen) atoms. The van der Waals surface area contributed by atoms with Gasteiger partial charge in [-0.3, -0.25) is 4.79 Å². The maximum Gasteiger partial charge on any atom is 0.264 e. The van der Waals surface area contributed by atoms with E-state index in [0.29, 0.717) is 16.4 Å². The molecule has 2 atom stereocenters. The number of carbonyl (C=O) groups is 1. The monoisotopic (exact) mass is 270 g/mol. The van der Waals surface area contributed by atoms with Crippen LogP contribution in [-0.2, 0) is 0 Å². The predicted molar refractivity (Wildman–Crippen MR) is 69.8 cm³/mol. The van der Waals surface area contributed by atoms with Crippen LogP contribution in [0.3, 0.4) is 0 Å². The van der Waals surface area contributed by atoms with E-state index in [4.69, 9.17) is 11.6 Å². The first-order chi connectivity index (χ1) is 8.25. The number of carbonyl (C=O) groups excluding carboxylic acids is 1. The van der Waals surface area contributed by atoms with Gasteiger partial charge in [-0.1, -0.05) is 11.6 Å². The number of amides is 1. The number of fused-ring (bicyclic) bond motifs is 2. The lowest BCUT2D eigenvalue weighted by Crippen LogP contribution is -2.42. The number of rotatable bonds is 1. The highest BCUT2D eigenvalue weighted by Gasteiger charge is 2.38. The first-order valence-electron chi connectivity index (χ1n) is 6.04. The summed E-state index contributed by atoms with van der Waals surface area (Å²) in [6.07, 6.45) is 3.35. The molecule has 1 N–H and O–H groups in total. The molecule has 3 nitrogen and oxygen atoms in total. The van der Waals surface area contributed by atoms with Gasteiger partial charge < -0.3 is 10.2 Å². The van der Waals surface area contributed by atoms with Crippen molar-refractivity contribution >= 4 is 28.8 Å². The van der Waals surface area contributed by atoms with Crippen molar-refractivity contribution in [3.63, 3.8) is 0 Å². The Hall–Kier alpha value is -0.580. The van der Waals surface area contributed by atoms with Crippen LogP contribution < -0.4 is 5.32 Å². The molecule has 2 unspecified atom stereocenters. The van der Waals surface area contributed by atoms with Gasteiger partial charge in [0.1, 0.15) is 0 Å². The summed E-state index contributed by atoms with van der Waals surface area (Å²) in [5, 5.41) is 3.40. The minimum atomic E-state index is 0.165. The average Bonchev–Trinajstić information content (AvgIpc) is 2.81. The molecule has 1 amide bonds. The topological polar surface area (TPSA) is 32.3 Å². The molecule has 0 aromatic carbocycles. The van der Waals surface area contributed by atoms with Crippen LogP contribution in [-0.4, -0.2) is 36.0 Å². The second-order valence-corrected chi connectivity index (χ2v) is 6.41. The molecule has 2 aliphatic rings. The Kier molecular flexibility index (Phi) is 3.11. The third-order valence-electron chi connectivity index (χ3n) is 3.67. The van der Waals surface area contributed by atoms with Crippen LogP contribution in [0.4, 0.5) is 0 Å². The van der Waals surface area contributed by atoms with Crippen molar-refractivity contribution in [3.8, 4) is 0 Å². The first kappa shape index (κ1) is 11.5. The molecule has 3 rings (SSSR count). The van der Waals surface area contributed by atoms with Gasteiger partial charge in [0.2, 0.25) is 0 Å². The van der Waals surface area contributed by atoms with E-state index < -0.39 is 0 Å². The van der Waals surface area contributed by atoms with Crippen LogP contribution in [0.2, 0.25) is 4.34 Å². The summed E-state index contributed by atoms with van der Waals surface area (Å²) in [6, 6.07) is 4.43.